The SMILES string of the molecule is CC1(N)CCCCC1C(=O)NCc1cccs1. The number of thiophene rings is 1. The summed E-state index contributed by atoms with van der Waals surface area (Å²) >= 11 is 1.67. The van der Waals surface area contributed by atoms with Crippen LogP contribution in [0, 0.1) is 5.92 Å². The van der Waals surface area contributed by atoms with Crippen LogP contribution in [0.1, 0.15) is 37.5 Å². The highest BCUT2D eigenvalue weighted by Gasteiger charge is 2.37. The Labute approximate surface area is 106 Å². The Morgan fingerprint density at radius 3 is 3.12 bits per heavy atom. The van der Waals surface area contributed by atoms with E-state index in [9.17, 15) is 4.79 Å². The van der Waals surface area contributed by atoms with Gasteiger partial charge >= 0.3 is 0 Å². The Morgan fingerprint density at radius 2 is 2.47 bits per heavy atom. The molecule has 3 N–H and O–H groups in total. The molecule has 0 spiro atoms. The predicted octanol–water partition coefficient (Wildman–Crippen LogP) is 2.27. The van der Waals surface area contributed by atoms with E-state index in [4.69, 9.17) is 5.73 Å². The van der Waals surface area contributed by atoms with Gasteiger partial charge in [0.15, 0.2) is 0 Å². The second-order valence-electron chi connectivity index (χ2n) is 5.10. The van der Waals surface area contributed by atoms with E-state index in [0.717, 1.165) is 25.7 Å². The molecule has 4 heteroatoms. The van der Waals surface area contributed by atoms with Crippen molar-refractivity contribution in [2.75, 3.05) is 0 Å². The van der Waals surface area contributed by atoms with Crippen LogP contribution in [0.3, 0.4) is 0 Å². The van der Waals surface area contributed by atoms with Gasteiger partial charge in [0.05, 0.1) is 12.5 Å². The molecule has 0 aromatic carbocycles. The molecule has 0 aliphatic heterocycles. The highest BCUT2D eigenvalue weighted by molar-refractivity contribution is 7.09. The minimum absolute atomic E-state index is 0.0313. The molecule has 2 rings (SSSR count). The van der Waals surface area contributed by atoms with Gasteiger partial charge in [0.25, 0.3) is 0 Å². The second-order valence-corrected chi connectivity index (χ2v) is 6.13. The maximum absolute atomic E-state index is 12.1. The minimum atomic E-state index is -0.336. The second kappa shape index (κ2) is 5.19. The fourth-order valence-corrected chi connectivity index (χ4v) is 3.14. The van der Waals surface area contributed by atoms with Gasteiger partial charge in [-0.25, -0.2) is 0 Å². The largest absolute Gasteiger partial charge is 0.351 e. The van der Waals surface area contributed by atoms with Crippen LogP contribution in [-0.4, -0.2) is 11.4 Å². The number of rotatable bonds is 3. The molecule has 1 saturated carbocycles. The molecule has 1 aromatic heterocycles. The average Bonchev–Trinajstić information content (AvgIpc) is 2.78. The number of carbonyl (C=O) groups is 1. The van der Waals surface area contributed by atoms with Gasteiger partial charge in [0.2, 0.25) is 5.91 Å². The van der Waals surface area contributed by atoms with E-state index in [1.54, 1.807) is 11.3 Å². The quantitative estimate of drug-likeness (QED) is 0.867. The molecule has 1 aromatic rings. The van der Waals surface area contributed by atoms with Gasteiger partial charge in [-0.15, -0.1) is 11.3 Å². The van der Waals surface area contributed by atoms with Crippen LogP contribution in [0.2, 0.25) is 0 Å². The van der Waals surface area contributed by atoms with Crippen LogP contribution < -0.4 is 11.1 Å². The maximum atomic E-state index is 12.1. The van der Waals surface area contributed by atoms with Crippen LogP contribution in [0.25, 0.3) is 0 Å². The first-order valence-electron chi connectivity index (χ1n) is 6.18. The van der Waals surface area contributed by atoms with Crippen molar-refractivity contribution in [3.05, 3.63) is 22.4 Å². The number of nitrogens with two attached hydrogens (primary N) is 1. The van der Waals surface area contributed by atoms with Crippen molar-refractivity contribution >= 4 is 17.2 Å². The van der Waals surface area contributed by atoms with E-state index in [-0.39, 0.29) is 17.4 Å². The Balaban J connectivity index is 1.90. The summed E-state index contributed by atoms with van der Waals surface area (Å²) in [6, 6.07) is 4.03. The molecular formula is C13H20N2OS. The smallest absolute Gasteiger partial charge is 0.225 e. The standard InChI is InChI=1S/C13H20N2OS/c1-13(14)7-3-2-6-11(13)12(16)15-9-10-5-4-8-17-10/h4-5,8,11H,2-3,6-7,9,14H2,1H3,(H,15,16). The van der Waals surface area contributed by atoms with Crippen molar-refractivity contribution in [1.82, 2.24) is 5.32 Å². The zero-order valence-corrected chi connectivity index (χ0v) is 11.1. The first-order valence-corrected chi connectivity index (χ1v) is 7.06. The fraction of sp³-hybridized carbons (Fsp3) is 0.615. The van der Waals surface area contributed by atoms with Gasteiger partial charge in [-0.3, -0.25) is 4.79 Å². The molecule has 17 heavy (non-hydrogen) atoms. The molecule has 0 saturated heterocycles. The average molecular weight is 252 g/mol. The lowest BCUT2D eigenvalue weighted by atomic mass is 9.74. The number of hydrogen-bond donors (Lipinski definition) is 2. The van der Waals surface area contributed by atoms with Crippen LogP contribution >= 0.6 is 11.3 Å². The van der Waals surface area contributed by atoms with Crippen molar-refractivity contribution < 1.29 is 4.79 Å². The Bertz CT molecular complexity index is 373. The summed E-state index contributed by atoms with van der Waals surface area (Å²) < 4.78 is 0. The summed E-state index contributed by atoms with van der Waals surface area (Å²) in [5, 5.41) is 5.02. The first kappa shape index (κ1) is 12.6. The normalized spacial score (nSPS) is 28.9. The van der Waals surface area contributed by atoms with E-state index in [1.165, 1.54) is 4.88 Å². The lowest BCUT2D eigenvalue weighted by Crippen LogP contribution is -2.52. The zero-order chi connectivity index (χ0) is 12.3. The third-order valence-corrected chi connectivity index (χ3v) is 4.46. The zero-order valence-electron chi connectivity index (χ0n) is 10.2. The van der Waals surface area contributed by atoms with Crippen molar-refractivity contribution in [2.45, 2.75) is 44.7 Å². The molecule has 3 nitrogen and oxygen atoms in total. The van der Waals surface area contributed by atoms with E-state index < -0.39 is 0 Å². The summed E-state index contributed by atoms with van der Waals surface area (Å²) in [5.41, 5.74) is 5.88. The Hall–Kier alpha value is -0.870. The fourth-order valence-electron chi connectivity index (χ4n) is 2.50. The van der Waals surface area contributed by atoms with Crippen LogP contribution in [0.4, 0.5) is 0 Å². The summed E-state index contributed by atoms with van der Waals surface area (Å²) in [4.78, 5) is 13.3. The molecule has 1 aliphatic carbocycles. The summed E-state index contributed by atoms with van der Waals surface area (Å²) in [5.74, 6) is 0.0827. The molecule has 1 heterocycles. The molecule has 2 atom stereocenters. The molecule has 1 amide bonds. The summed E-state index contributed by atoms with van der Waals surface area (Å²) in [6.07, 6.45) is 4.12. The molecule has 2 unspecified atom stereocenters. The number of nitrogens with one attached hydrogen (secondary N) is 1. The molecule has 1 aliphatic rings. The monoisotopic (exact) mass is 252 g/mol. The van der Waals surface area contributed by atoms with Gasteiger partial charge in [0.1, 0.15) is 0 Å². The van der Waals surface area contributed by atoms with Gasteiger partial charge in [-0.1, -0.05) is 18.9 Å². The molecule has 94 valence electrons. The summed E-state index contributed by atoms with van der Waals surface area (Å²) in [7, 11) is 0. The third kappa shape index (κ3) is 3.07. The highest BCUT2D eigenvalue weighted by atomic mass is 32.1. The molecule has 0 radical (unpaired) electrons. The topological polar surface area (TPSA) is 55.1 Å². The van der Waals surface area contributed by atoms with Crippen LogP contribution in [0.5, 0.6) is 0 Å². The van der Waals surface area contributed by atoms with Crippen LogP contribution in [0.15, 0.2) is 17.5 Å². The Kier molecular flexibility index (Phi) is 3.84. The predicted molar refractivity (Wildman–Crippen MR) is 70.7 cm³/mol. The van der Waals surface area contributed by atoms with Gasteiger partial charge in [-0.05, 0) is 31.2 Å². The third-order valence-electron chi connectivity index (χ3n) is 3.59. The maximum Gasteiger partial charge on any atom is 0.225 e. The highest BCUT2D eigenvalue weighted by Crippen LogP contribution is 2.31. The number of hydrogen-bond acceptors (Lipinski definition) is 3. The Morgan fingerprint density at radius 1 is 1.65 bits per heavy atom. The van der Waals surface area contributed by atoms with Crippen molar-refractivity contribution in [1.29, 1.82) is 0 Å². The summed E-state index contributed by atoms with van der Waals surface area (Å²) in [6.45, 7) is 2.63. The molecule has 1 fully saturated rings. The van der Waals surface area contributed by atoms with Gasteiger partial charge < -0.3 is 11.1 Å². The lowest BCUT2D eigenvalue weighted by Gasteiger charge is -2.37. The van der Waals surface area contributed by atoms with Crippen molar-refractivity contribution in [2.24, 2.45) is 11.7 Å². The van der Waals surface area contributed by atoms with Gasteiger partial charge in [0, 0.05) is 10.4 Å². The van der Waals surface area contributed by atoms with Crippen molar-refractivity contribution in [3.63, 3.8) is 0 Å². The number of carbonyl (C=O) groups excluding carboxylic acids is 1. The van der Waals surface area contributed by atoms with Crippen molar-refractivity contribution in [3.8, 4) is 0 Å². The first-order chi connectivity index (χ1) is 8.09. The van der Waals surface area contributed by atoms with E-state index in [0.29, 0.717) is 6.54 Å². The van der Waals surface area contributed by atoms with Gasteiger partial charge in [-0.2, -0.15) is 0 Å². The van der Waals surface area contributed by atoms with E-state index in [2.05, 4.69) is 5.32 Å². The number of amides is 1. The lowest BCUT2D eigenvalue weighted by molar-refractivity contribution is -0.128. The van der Waals surface area contributed by atoms with Crippen LogP contribution in [-0.2, 0) is 11.3 Å². The molecule has 0 bridgehead atoms. The van der Waals surface area contributed by atoms with E-state index >= 15 is 0 Å². The minimum Gasteiger partial charge on any atom is -0.351 e. The molecular weight excluding hydrogens is 232 g/mol. The van der Waals surface area contributed by atoms with E-state index in [1.807, 2.05) is 24.4 Å².